The molecule has 0 atom stereocenters. The largest absolute Gasteiger partial charge is 0.433 e. The van der Waals surface area contributed by atoms with Crippen molar-refractivity contribution in [3.8, 4) is 0 Å². The average molecular weight is 337 g/mol. The van der Waals surface area contributed by atoms with E-state index < -0.39 is 23.9 Å². The monoisotopic (exact) mass is 337 g/mol. The standard InChI is InChI=1S/C8H5F5IN/c1-3-4(6(9)10)2-5(8(11,12)13)15-7(3)14/h2,6H,1H3. The molecule has 0 bridgehead atoms. The van der Waals surface area contributed by atoms with Gasteiger partial charge in [0.25, 0.3) is 6.43 Å². The van der Waals surface area contributed by atoms with E-state index in [4.69, 9.17) is 0 Å². The summed E-state index contributed by atoms with van der Waals surface area (Å²) < 4.78 is 61.4. The molecule has 1 nitrogen and oxygen atoms in total. The highest BCUT2D eigenvalue weighted by molar-refractivity contribution is 14.1. The van der Waals surface area contributed by atoms with Gasteiger partial charge in [0.1, 0.15) is 9.39 Å². The maximum atomic E-state index is 12.4. The predicted octanol–water partition coefficient (Wildman–Crippen LogP) is 3.95. The number of alkyl halides is 5. The molecule has 0 aliphatic rings. The summed E-state index contributed by atoms with van der Waals surface area (Å²) in [5, 5.41) is 0. The van der Waals surface area contributed by atoms with E-state index in [1.165, 1.54) is 29.5 Å². The van der Waals surface area contributed by atoms with Gasteiger partial charge in [-0.1, -0.05) is 0 Å². The highest BCUT2D eigenvalue weighted by Crippen LogP contribution is 2.33. The summed E-state index contributed by atoms with van der Waals surface area (Å²) in [6.07, 6.45) is -7.63. The fourth-order valence-electron chi connectivity index (χ4n) is 0.968. The smallest absolute Gasteiger partial charge is 0.237 e. The lowest BCUT2D eigenvalue weighted by Gasteiger charge is -2.11. The van der Waals surface area contributed by atoms with E-state index in [-0.39, 0.29) is 9.26 Å². The molecule has 84 valence electrons. The number of aromatic nitrogens is 1. The van der Waals surface area contributed by atoms with E-state index in [9.17, 15) is 22.0 Å². The molecule has 1 rings (SSSR count). The number of halogens is 6. The number of rotatable bonds is 1. The Bertz CT molecular complexity index is 374. The molecule has 1 aromatic heterocycles. The van der Waals surface area contributed by atoms with Crippen molar-refractivity contribution in [1.29, 1.82) is 0 Å². The fraction of sp³-hybridized carbons (Fsp3) is 0.375. The SMILES string of the molecule is Cc1c(C(F)F)cc(C(F)(F)F)nc1I. The molecule has 1 heterocycles. The molecule has 0 unspecified atom stereocenters. The quantitative estimate of drug-likeness (QED) is 0.430. The van der Waals surface area contributed by atoms with Gasteiger partial charge in [0, 0.05) is 5.56 Å². The first-order valence-corrected chi connectivity index (χ1v) is 4.83. The molecule has 0 aliphatic heterocycles. The lowest BCUT2D eigenvalue weighted by Crippen LogP contribution is -2.11. The van der Waals surface area contributed by atoms with E-state index in [0.717, 1.165) is 0 Å². The van der Waals surface area contributed by atoms with Crippen LogP contribution in [0, 0.1) is 10.6 Å². The van der Waals surface area contributed by atoms with E-state index in [0.29, 0.717) is 6.07 Å². The van der Waals surface area contributed by atoms with Crippen LogP contribution in [0.15, 0.2) is 6.07 Å². The van der Waals surface area contributed by atoms with Crippen LogP contribution in [0.1, 0.15) is 23.2 Å². The van der Waals surface area contributed by atoms with Gasteiger partial charge < -0.3 is 0 Å². The second kappa shape index (κ2) is 4.18. The molecule has 0 amide bonds. The highest BCUT2D eigenvalue weighted by Gasteiger charge is 2.34. The Morgan fingerprint density at radius 2 is 1.87 bits per heavy atom. The highest BCUT2D eigenvalue weighted by atomic mass is 127. The van der Waals surface area contributed by atoms with E-state index in [2.05, 4.69) is 4.98 Å². The van der Waals surface area contributed by atoms with E-state index in [1.54, 1.807) is 0 Å². The van der Waals surface area contributed by atoms with Crippen molar-refractivity contribution in [3.63, 3.8) is 0 Å². The van der Waals surface area contributed by atoms with Crippen molar-refractivity contribution < 1.29 is 22.0 Å². The number of pyridine rings is 1. The first kappa shape index (κ1) is 12.6. The van der Waals surface area contributed by atoms with Crippen LogP contribution in [0.25, 0.3) is 0 Å². The molecular formula is C8H5F5IN. The van der Waals surface area contributed by atoms with Gasteiger partial charge >= 0.3 is 6.18 Å². The Morgan fingerprint density at radius 3 is 2.27 bits per heavy atom. The van der Waals surface area contributed by atoms with Crippen molar-refractivity contribution in [1.82, 2.24) is 4.98 Å². The molecule has 0 aliphatic carbocycles. The normalized spacial score (nSPS) is 12.3. The predicted molar refractivity (Wildman–Crippen MR) is 51.7 cm³/mol. The minimum Gasteiger partial charge on any atom is -0.237 e. The van der Waals surface area contributed by atoms with Gasteiger partial charge in [-0.15, -0.1) is 0 Å². The summed E-state index contributed by atoms with van der Waals surface area (Å²) in [5.74, 6) is 0. The Hall–Kier alpha value is -0.470. The molecule has 0 N–H and O–H groups in total. The third-order valence-corrected chi connectivity index (χ3v) is 2.83. The van der Waals surface area contributed by atoms with Gasteiger partial charge in [-0.2, -0.15) is 13.2 Å². The molecule has 0 radical (unpaired) electrons. The van der Waals surface area contributed by atoms with Gasteiger partial charge in [-0.25, -0.2) is 13.8 Å². The van der Waals surface area contributed by atoms with Gasteiger partial charge in [-0.05, 0) is 41.1 Å². The van der Waals surface area contributed by atoms with Crippen LogP contribution in [0.2, 0.25) is 0 Å². The Balaban J connectivity index is 3.36. The molecule has 0 saturated carbocycles. The van der Waals surface area contributed by atoms with Crippen molar-refractivity contribution in [2.24, 2.45) is 0 Å². The molecule has 0 spiro atoms. The summed E-state index contributed by atoms with van der Waals surface area (Å²) in [4.78, 5) is 3.22. The molecule has 0 fully saturated rings. The average Bonchev–Trinajstić information content (AvgIpc) is 2.06. The summed E-state index contributed by atoms with van der Waals surface area (Å²) in [6.45, 7) is 1.32. The van der Waals surface area contributed by atoms with Crippen molar-refractivity contribution in [2.45, 2.75) is 19.5 Å². The first-order chi connectivity index (χ1) is 6.73. The van der Waals surface area contributed by atoms with Crippen molar-refractivity contribution >= 4 is 22.6 Å². The van der Waals surface area contributed by atoms with Gasteiger partial charge in [0.15, 0.2) is 0 Å². The Labute approximate surface area is 95.8 Å². The van der Waals surface area contributed by atoms with Crippen LogP contribution in [-0.4, -0.2) is 4.98 Å². The zero-order valence-corrected chi connectivity index (χ0v) is 9.53. The third-order valence-electron chi connectivity index (χ3n) is 1.78. The lowest BCUT2D eigenvalue weighted by molar-refractivity contribution is -0.141. The fourth-order valence-corrected chi connectivity index (χ4v) is 1.54. The molecule has 7 heteroatoms. The second-order valence-corrected chi connectivity index (χ2v) is 3.83. The topological polar surface area (TPSA) is 12.9 Å². The maximum Gasteiger partial charge on any atom is 0.433 e. The molecule has 0 saturated heterocycles. The Morgan fingerprint density at radius 1 is 1.33 bits per heavy atom. The van der Waals surface area contributed by atoms with Crippen LogP contribution in [0.4, 0.5) is 22.0 Å². The summed E-state index contributed by atoms with van der Waals surface area (Å²) in [5.41, 5.74) is -1.83. The minimum atomic E-state index is -4.70. The van der Waals surface area contributed by atoms with Gasteiger partial charge in [-0.3, -0.25) is 0 Å². The van der Waals surface area contributed by atoms with Crippen LogP contribution in [0.5, 0.6) is 0 Å². The molecule has 15 heavy (non-hydrogen) atoms. The lowest BCUT2D eigenvalue weighted by atomic mass is 10.1. The zero-order valence-electron chi connectivity index (χ0n) is 7.37. The maximum absolute atomic E-state index is 12.4. The first-order valence-electron chi connectivity index (χ1n) is 3.76. The van der Waals surface area contributed by atoms with Crippen LogP contribution < -0.4 is 0 Å². The van der Waals surface area contributed by atoms with Crippen LogP contribution in [-0.2, 0) is 6.18 Å². The summed E-state index contributed by atoms with van der Waals surface area (Å²) in [6, 6.07) is 0.391. The van der Waals surface area contributed by atoms with E-state index >= 15 is 0 Å². The number of nitrogens with zero attached hydrogens (tertiary/aromatic N) is 1. The van der Waals surface area contributed by atoms with Crippen LogP contribution in [0.3, 0.4) is 0 Å². The van der Waals surface area contributed by atoms with Crippen LogP contribution >= 0.6 is 22.6 Å². The third kappa shape index (κ3) is 2.76. The number of hydrogen-bond donors (Lipinski definition) is 0. The zero-order chi connectivity index (χ0) is 11.8. The van der Waals surface area contributed by atoms with Gasteiger partial charge in [0.05, 0.1) is 0 Å². The molecule has 1 aromatic rings. The van der Waals surface area contributed by atoms with E-state index in [1.807, 2.05) is 0 Å². The van der Waals surface area contributed by atoms with Crippen molar-refractivity contribution in [3.05, 3.63) is 26.6 Å². The summed E-state index contributed by atoms with van der Waals surface area (Å²) in [7, 11) is 0. The second-order valence-electron chi connectivity index (χ2n) is 2.81. The number of hydrogen-bond acceptors (Lipinski definition) is 1. The Kier molecular flexibility index (Phi) is 3.51. The molecule has 0 aromatic carbocycles. The summed E-state index contributed by atoms with van der Waals surface area (Å²) >= 11 is 1.50. The molecular weight excluding hydrogens is 332 g/mol. The van der Waals surface area contributed by atoms with Gasteiger partial charge in [0.2, 0.25) is 0 Å². The van der Waals surface area contributed by atoms with Crippen molar-refractivity contribution in [2.75, 3.05) is 0 Å². The minimum absolute atomic E-state index is 0.0577.